The van der Waals surface area contributed by atoms with Crippen molar-refractivity contribution in [3.63, 3.8) is 0 Å². The van der Waals surface area contributed by atoms with Gasteiger partial charge in [0.15, 0.2) is 0 Å². The fourth-order valence-corrected chi connectivity index (χ4v) is 0.874. The third-order valence-electron chi connectivity index (χ3n) is 1.75. The Morgan fingerprint density at radius 1 is 1.36 bits per heavy atom. The Labute approximate surface area is 84.9 Å². The molecule has 0 aliphatic heterocycles. The maximum atomic E-state index is 10.5. The van der Waals surface area contributed by atoms with Crippen LogP contribution in [0.25, 0.3) is 0 Å². The van der Waals surface area contributed by atoms with Crippen LogP contribution < -0.4 is 0 Å². The van der Waals surface area contributed by atoms with Crippen LogP contribution in [0.4, 0.5) is 0 Å². The molecular formula is C12H16O2. The lowest BCUT2D eigenvalue weighted by atomic mass is 10.1. The van der Waals surface area contributed by atoms with Crippen LogP contribution in [-0.2, 0) is 0 Å². The summed E-state index contributed by atoms with van der Waals surface area (Å²) < 4.78 is 0. The van der Waals surface area contributed by atoms with Crippen molar-refractivity contribution in [2.45, 2.75) is 20.8 Å². The molecule has 14 heavy (non-hydrogen) atoms. The Morgan fingerprint density at radius 3 is 2.21 bits per heavy atom. The van der Waals surface area contributed by atoms with Gasteiger partial charge in [-0.05, 0) is 44.0 Å². The van der Waals surface area contributed by atoms with Crippen LogP contribution in [0.5, 0.6) is 0 Å². The van der Waals surface area contributed by atoms with Gasteiger partial charge in [0.1, 0.15) is 0 Å². The number of carbonyl (C=O) groups is 1. The van der Waals surface area contributed by atoms with Crippen LogP contribution >= 0.6 is 0 Å². The summed E-state index contributed by atoms with van der Waals surface area (Å²) in [6.07, 6.45) is 1.75. The molecule has 0 aromatic heterocycles. The summed E-state index contributed by atoms with van der Waals surface area (Å²) >= 11 is 0. The fourth-order valence-electron chi connectivity index (χ4n) is 0.874. The standard InChI is InChI=1S/C9H10O2.C3H6/c1-6-3-4-8(9(10)11)5-7(6)2;1-3-2/h3-5H,1-2H3,(H,10,11);3H,1H2,2H3. The van der Waals surface area contributed by atoms with Crippen LogP contribution in [0.15, 0.2) is 30.9 Å². The predicted octanol–water partition coefficient (Wildman–Crippen LogP) is 3.19. The van der Waals surface area contributed by atoms with Crippen molar-refractivity contribution in [2.24, 2.45) is 0 Å². The van der Waals surface area contributed by atoms with E-state index in [1.54, 1.807) is 18.2 Å². The van der Waals surface area contributed by atoms with Gasteiger partial charge in [-0.15, -0.1) is 6.58 Å². The van der Waals surface area contributed by atoms with Gasteiger partial charge in [0.25, 0.3) is 0 Å². The van der Waals surface area contributed by atoms with Crippen LogP contribution in [0.3, 0.4) is 0 Å². The first-order valence-electron chi connectivity index (χ1n) is 4.40. The van der Waals surface area contributed by atoms with E-state index in [0.717, 1.165) is 11.1 Å². The molecule has 0 spiro atoms. The molecule has 0 saturated carbocycles. The van der Waals surface area contributed by atoms with Crippen molar-refractivity contribution in [3.05, 3.63) is 47.5 Å². The van der Waals surface area contributed by atoms with Gasteiger partial charge in [-0.3, -0.25) is 0 Å². The molecule has 0 radical (unpaired) electrons. The van der Waals surface area contributed by atoms with Crippen molar-refractivity contribution in [2.75, 3.05) is 0 Å². The Balaban J connectivity index is 0.000000500. The summed E-state index contributed by atoms with van der Waals surface area (Å²) in [5, 5.41) is 8.60. The van der Waals surface area contributed by atoms with Gasteiger partial charge in [-0.2, -0.15) is 0 Å². The number of hydrogen-bond donors (Lipinski definition) is 1. The Kier molecular flexibility index (Phi) is 5.30. The van der Waals surface area contributed by atoms with Gasteiger partial charge in [0, 0.05) is 0 Å². The minimum absolute atomic E-state index is 0.355. The minimum atomic E-state index is -0.867. The number of allylic oxidation sites excluding steroid dienone is 1. The zero-order valence-corrected chi connectivity index (χ0v) is 8.87. The van der Waals surface area contributed by atoms with E-state index in [9.17, 15) is 4.79 Å². The van der Waals surface area contributed by atoms with E-state index in [-0.39, 0.29) is 0 Å². The number of rotatable bonds is 1. The van der Waals surface area contributed by atoms with Gasteiger partial charge < -0.3 is 5.11 Å². The molecule has 1 aromatic rings. The highest BCUT2D eigenvalue weighted by Crippen LogP contribution is 2.09. The number of benzene rings is 1. The molecule has 0 aliphatic rings. The monoisotopic (exact) mass is 192 g/mol. The van der Waals surface area contributed by atoms with Gasteiger partial charge in [-0.25, -0.2) is 4.79 Å². The summed E-state index contributed by atoms with van der Waals surface area (Å²) in [6.45, 7) is 9.11. The second-order valence-electron chi connectivity index (χ2n) is 3.01. The van der Waals surface area contributed by atoms with E-state index in [0.29, 0.717) is 5.56 Å². The molecule has 2 heteroatoms. The average molecular weight is 192 g/mol. The quantitative estimate of drug-likeness (QED) is 0.694. The maximum absolute atomic E-state index is 10.5. The first-order chi connectivity index (χ1) is 6.52. The van der Waals surface area contributed by atoms with Crippen molar-refractivity contribution in [1.82, 2.24) is 0 Å². The fraction of sp³-hybridized carbons (Fsp3) is 0.250. The molecule has 0 amide bonds. The topological polar surface area (TPSA) is 37.3 Å². The molecular weight excluding hydrogens is 176 g/mol. The molecule has 2 nitrogen and oxygen atoms in total. The number of hydrogen-bond acceptors (Lipinski definition) is 1. The largest absolute Gasteiger partial charge is 0.478 e. The summed E-state index contributed by atoms with van der Waals surface area (Å²) in [5.41, 5.74) is 2.49. The molecule has 1 N–H and O–H groups in total. The smallest absolute Gasteiger partial charge is 0.335 e. The lowest BCUT2D eigenvalue weighted by Gasteiger charge is -1.99. The second-order valence-corrected chi connectivity index (χ2v) is 3.01. The normalized spacial score (nSPS) is 8.50. The van der Waals surface area contributed by atoms with Crippen LogP contribution in [0.1, 0.15) is 28.4 Å². The minimum Gasteiger partial charge on any atom is -0.478 e. The SMILES string of the molecule is C=CC.Cc1ccc(C(=O)O)cc1C. The predicted molar refractivity (Wildman–Crippen MR) is 58.7 cm³/mol. The average Bonchev–Trinajstić information content (AvgIpc) is 2.10. The van der Waals surface area contributed by atoms with E-state index >= 15 is 0 Å². The van der Waals surface area contributed by atoms with E-state index in [1.165, 1.54) is 0 Å². The van der Waals surface area contributed by atoms with E-state index in [1.807, 2.05) is 26.8 Å². The van der Waals surface area contributed by atoms with E-state index in [2.05, 4.69) is 6.58 Å². The second kappa shape index (κ2) is 5.97. The van der Waals surface area contributed by atoms with Crippen LogP contribution in [-0.4, -0.2) is 11.1 Å². The first kappa shape index (κ1) is 12.4. The van der Waals surface area contributed by atoms with E-state index < -0.39 is 5.97 Å². The number of aryl methyl sites for hydroxylation is 2. The molecule has 0 fully saturated rings. The summed E-state index contributed by atoms with van der Waals surface area (Å²) in [5.74, 6) is -0.867. The van der Waals surface area contributed by atoms with Crippen molar-refractivity contribution < 1.29 is 9.90 Å². The molecule has 76 valence electrons. The van der Waals surface area contributed by atoms with Crippen LogP contribution in [0.2, 0.25) is 0 Å². The molecule has 1 rings (SSSR count). The Hall–Kier alpha value is -1.57. The zero-order chi connectivity index (χ0) is 11.1. The molecule has 0 bridgehead atoms. The molecule has 0 unspecified atom stereocenters. The van der Waals surface area contributed by atoms with Gasteiger partial charge in [0.05, 0.1) is 5.56 Å². The molecule has 0 atom stereocenters. The number of aromatic carboxylic acids is 1. The van der Waals surface area contributed by atoms with Gasteiger partial charge in [0.2, 0.25) is 0 Å². The highest BCUT2D eigenvalue weighted by atomic mass is 16.4. The number of carboxylic acids is 1. The van der Waals surface area contributed by atoms with Crippen molar-refractivity contribution >= 4 is 5.97 Å². The van der Waals surface area contributed by atoms with Gasteiger partial charge in [-0.1, -0.05) is 12.1 Å². The lowest BCUT2D eigenvalue weighted by molar-refractivity contribution is 0.0697. The van der Waals surface area contributed by atoms with E-state index in [4.69, 9.17) is 5.11 Å². The molecule has 0 heterocycles. The van der Waals surface area contributed by atoms with Crippen molar-refractivity contribution in [1.29, 1.82) is 0 Å². The lowest BCUT2D eigenvalue weighted by Crippen LogP contribution is -1.96. The molecule has 0 saturated heterocycles. The first-order valence-corrected chi connectivity index (χ1v) is 4.40. The highest BCUT2D eigenvalue weighted by Gasteiger charge is 2.02. The summed E-state index contributed by atoms with van der Waals surface area (Å²) in [6, 6.07) is 5.11. The Morgan fingerprint density at radius 2 is 1.86 bits per heavy atom. The highest BCUT2D eigenvalue weighted by molar-refractivity contribution is 5.87. The summed E-state index contributed by atoms with van der Waals surface area (Å²) in [4.78, 5) is 10.5. The zero-order valence-electron chi connectivity index (χ0n) is 8.87. The maximum Gasteiger partial charge on any atom is 0.335 e. The summed E-state index contributed by atoms with van der Waals surface area (Å²) in [7, 11) is 0. The van der Waals surface area contributed by atoms with Crippen LogP contribution in [0, 0.1) is 13.8 Å². The number of carboxylic acid groups (broad SMARTS) is 1. The third kappa shape index (κ3) is 3.90. The molecule has 0 aliphatic carbocycles. The van der Waals surface area contributed by atoms with Crippen molar-refractivity contribution in [3.8, 4) is 0 Å². The third-order valence-corrected chi connectivity index (χ3v) is 1.75. The van der Waals surface area contributed by atoms with Gasteiger partial charge >= 0.3 is 5.97 Å². The molecule has 1 aromatic carbocycles. The Bertz CT molecular complexity index is 327.